The highest BCUT2D eigenvalue weighted by atomic mass is 16.4. The molecule has 1 saturated carbocycles. The van der Waals surface area contributed by atoms with E-state index in [1.54, 1.807) is 18.7 Å². The van der Waals surface area contributed by atoms with Crippen molar-refractivity contribution in [2.75, 3.05) is 5.32 Å². The van der Waals surface area contributed by atoms with E-state index < -0.39 is 23.1 Å². The maximum absolute atomic E-state index is 13.2. The van der Waals surface area contributed by atoms with E-state index in [0.717, 1.165) is 24.0 Å². The maximum Gasteiger partial charge on any atom is 0.332 e. The van der Waals surface area contributed by atoms with Gasteiger partial charge >= 0.3 is 11.7 Å². The number of fused-ring (bicyclic) bond motifs is 1. The van der Waals surface area contributed by atoms with E-state index in [1.165, 1.54) is 9.13 Å². The van der Waals surface area contributed by atoms with E-state index in [1.807, 2.05) is 31.2 Å². The van der Waals surface area contributed by atoms with Crippen LogP contribution < -0.4 is 16.6 Å². The average molecular weight is 411 g/mol. The van der Waals surface area contributed by atoms with Gasteiger partial charge in [-0.2, -0.15) is 4.98 Å². The molecule has 0 spiro atoms. The van der Waals surface area contributed by atoms with E-state index in [4.69, 9.17) is 0 Å². The Bertz CT molecular complexity index is 1240. The number of rotatable bonds is 5. The second-order valence-electron chi connectivity index (χ2n) is 8.01. The number of hydrogen-bond donors (Lipinski definition) is 2. The van der Waals surface area contributed by atoms with Crippen molar-refractivity contribution in [3.63, 3.8) is 0 Å². The molecule has 2 aromatic heterocycles. The molecule has 2 N–H and O–H groups in total. The summed E-state index contributed by atoms with van der Waals surface area (Å²) >= 11 is 0. The van der Waals surface area contributed by atoms with Crippen LogP contribution in [0.3, 0.4) is 0 Å². The van der Waals surface area contributed by atoms with Crippen molar-refractivity contribution >= 4 is 23.1 Å². The molecule has 0 radical (unpaired) electrons. The zero-order valence-corrected chi connectivity index (χ0v) is 17.3. The van der Waals surface area contributed by atoms with E-state index in [-0.39, 0.29) is 18.2 Å². The predicted molar refractivity (Wildman–Crippen MR) is 113 cm³/mol. The molecule has 4 rings (SSSR count). The first-order valence-electron chi connectivity index (χ1n) is 9.99. The summed E-state index contributed by atoms with van der Waals surface area (Å²) in [6.45, 7) is 2.14. The van der Waals surface area contributed by atoms with Gasteiger partial charge in [0.05, 0.1) is 12.5 Å². The standard InChI is InChI=1S/C21H25N5O4/c1-12-7-9-13(10-8-12)11-26-18(27)16-17(25(3)21(26)30)23-20(24(16)2)22-15-6-4-5-14(15)19(28)29/h7-10,14-15H,4-6,11H2,1-3H3,(H,22,23)(H,28,29)/t14-,15+/m0/s1. The number of carboxylic acids is 1. The van der Waals surface area contributed by atoms with Crippen LogP contribution in [0.25, 0.3) is 11.2 Å². The van der Waals surface area contributed by atoms with E-state index in [9.17, 15) is 19.5 Å². The van der Waals surface area contributed by atoms with Crippen LogP contribution in [0, 0.1) is 12.8 Å². The summed E-state index contributed by atoms with van der Waals surface area (Å²) in [6, 6.07) is 7.41. The highest BCUT2D eigenvalue weighted by Crippen LogP contribution is 2.29. The van der Waals surface area contributed by atoms with Gasteiger partial charge in [-0.1, -0.05) is 36.2 Å². The minimum absolute atomic E-state index is 0.166. The molecule has 0 amide bonds. The predicted octanol–water partition coefficient (Wildman–Crippen LogP) is 1.46. The first-order chi connectivity index (χ1) is 14.3. The third kappa shape index (κ3) is 3.30. The molecule has 0 aliphatic heterocycles. The summed E-state index contributed by atoms with van der Waals surface area (Å²) in [5.41, 5.74) is 1.68. The number of carboxylic acid groups (broad SMARTS) is 1. The van der Waals surface area contributed by atoms with Crippen molar-refractivity contribution in [1.29, 1.82) is 0 Å². The van der Waals surface area contributed by atoms with Gasteiger partial charge in [-0.15, -0.1) is 0 Å². The fourth-order valence-corrected chi connectivity index (χ4v) is 4.18. The first kappa shape index (κ1) is 19.9. The van der Waals surface area contributed by atoms with Crippen molar-refractivity contribution in [3.05, 3.63) is 56.2 Å². The Labute approximate surface area is 172 Å². The molecule has 158 valence electrons. The summed E-state index contributed by atoms with van der Waals surface area (Å²) in [6.07, 6.45) is 2.15. The number of nitrogens with zero attached hydrogens (tertiary/aromatic N) is 4. The molecule has 9 nitrogen and oxygen atoms in total. The number of nitrogens with one attached hydrogen (secondary N) is 1. The van der Waals surface area contributed by atoms with Crippen molar-refractivity contribution in [3.8, 4) is 0 Å². The lowest BCUT2D eigenvalue weighted by molar-refractivity contribution is -0.141. The van der Waals surface area contributed by atoms with Crippen LogP contribution >= 0.6 is 0 Å². The fourth-order valence-electron chi connectivity index (χ4n) is 4.18. The summed E-state index contributed by atoms with van der Waals surface area (Å²) in [4.78, 5) is 42.0. The van der Waals surface area contributed by atoms with Gasteiger partial charge in [-0.3, -0.25) is 18.7 Å². The monoisotopic (exact) mass is 411 g/mol. The van der Waals surface area contributed by atoms with Crippen molar-refractivity contribution in [2.24, 2.45) is 20.0 Å². The molecule has 30 heavy (non-hydrogen) atoms. The molecule has 9 heteroatoms. The van der Waals surface area contributed by atoms with Gasteiger partial charge in [-0.05, 0) is 25.3 Å². The van der Waals surface area contributed by atoms with Gasteiger partial charge in [0.15, 0.2) is 11.2 Å². The third-order valence-electron chi connectivity index (χ3n) is 5.97. The fraction of sp³-hybridized carbons (Fsp3) is 0.429. The number of benzene rings is 1. The van der Waals surface area contributed by atoms with Gasteiger partial charge in [-0.25, -0.2) is 4.79 Å². The summed E-state index contributed by atoms with van der Waals surface area (Å²) in [5, 5.41) is 12.6. The number of imidazole rings is 1. The van der Waals surface area contributed by atoms with Gasteiger partial charge in [0, 0.05) is 20.1 Å². The lowest BCUT2D eigenvalue weighted by atomic mass is 10.0. The average Bonchev–Trinajstić information content (AvgIpc) is 3.30. The van der Waals surface area contributed by atoms with E-state index in [0.29, 0.717) is 17.9 Å². The number of aliphatic carboxylic acids is 1. The Morgan fingerprint density at radius 3 is 2.53 bits per heavy atom. The van der Waals surface area contributed by atoms with Crippen LogP contribution in [-0.4, -0.2) is 35.8 Å². The first-order valence-corrected chi connectivity index (χ1v) is 9.99. The lowest BCUT2D eigenvalue weighted by Gasteiger charge is -2.18. The minimum Gasteiger partial charge on any atom is -0.481 e. The van der Waals surface area contributed by atoms with E-state index >= 15 is 0 Å². The SMILES string of the molecule is Cc1ccc(Cn2c(=O)c3c(nc(N[C@@H]4CCC[C@@H]4C(=O)O)n3C)n(C)c2=O)cc1. The second-order valence-corrected chi connectivity index (χ2v) is 8.01. The van der Waals surface area contributed by atoms with E-state index in [2.05, 4.69) is 10.3 Å². The molecule has 1 fully saturated rings. The quantitative estimate of drug-likeness (QED) is 0.658. The molecule has 0 unspecified atom stereocenters. The minimum atomic E-state index is -0.836. The molecular weight excluding hydrogens is 386 g/mol. The molecule has 1 aromatic carbocycles. The number of hydrogen-bond acceptors (Lipinski definition) is 5. The van der Waals surface area contributed by atoms with Crippen LogP contribution in [0.5, 0.6) is 0 Å². The van der Waals surface area contributed by atoms with Crippen LogP contribution in [0.15, 0.2) is 33.9 Å². The summed E-state index contributed by atoms with van der Waals surface area (Å²) < 4.78 is 4.17. The van der Waals surface area contributed by atoms with Gasteiger partial charge in [0.1, 0.15) is 0 Å². The highest BCUT2D eigenvalue weighted by Gasteiger charge is 2.34. The van der Waals surface area contributed by atoms with Crippen molar-refractivity contribution < 1.29 is 9.90 Å². The Morgan fingerprint density at radius 2 is 1.87 bits per heavy atom. The smallest absolute Gasteiger partial charge is 0.332 e. The highest BCUT2D eigenvalue weighted by molar-refractivity contribution is 5.75. The number of aromatic nitrogens is 4. The molecule has 2 heterocycles. The van der Waals surface area contributed by atoms with Crippen LogP contribution in [0.2, 0.25) is 0 Å². The summed E-state index contributed by atoms with van der Waals surface area (Å²) in [5.74, 6) is -0.938. The Kier molecular flexibility index (Phi) is 4.97. The van der Waals surface area contributed by atoms with Crippen LogP contribution in [0.1, 0.15) is 30.4 Å². The third-order valence-corrected chi connectivity index (χ3v) is 5.97. The molecule has 0 saturated heterocycles. The molecule has 3 aromatic rings. The molecule has 0 bridgehead atoms. The summed E-state index contributed by atoms with van der Waals surface area (Å²) in [7, 11) is 3.28. The largest absolute Gasteiger partial charge is 0.481 e. The Morgan fingerprint density at radius 1 is 1.17 bits per heavy atom. The lowest BCUT2D eigenvalue weighted by Crippen LogP contribution is -2.39. The van der Waals surface area contributed by atoms with Crippen molar-refractivity contribution in [2.45, 2.75) is 38.8 Å². The molecular formula is C21H25N5O4. The molecule has 1 aliphatic carbocycles. The Hall–Kier alpha value is -3.36. The molecule has 2 atom stereocenters. The maximum atomic E-state index is 13.2. The molecule has 1 aliphatic rings. The zero-order valence-electron chi connectivity index (χ0n) is 17.3. The normalized spacial score (nSPS) is 18.8. The zero-order chi connectivity index (χ0) is 21.6. The van der Waals surface area contributed by atoms with Gasteiger partial charge in [0.2, 0.25) is 5.95 Å². The van der Waals surface area contributed by atoms with Crippen molar-refractivity contribution in [1.82, 2.24) is 18.7 Å². The van der Waals surface area contributed by atoms with Gasteiger partial charge in [0.25, 0.3) is 5.56 Å². The van der Waals surface area contributed by atoms with Crippen LogP contribution in [0.4, 0.5) is 5.95 Å². The number of carbonyl (C=O) groups is 1. The Balaban J connectivity index is 1.77. The van der Waals surface area contributed by atoms with Gasteiger partial charge < -0.3 is 15.0 Å². The number of aryl methyl sites for hydroxylation is 3. The number of anilines is 1. The van der Waals surface area contributed by atoms with Crippen LogP contribution in [-0.2, 0) is 25.4 Å². The second kappa shape index (κ2) is 7.47. The topological polar surface area (TPSA) is 111 Å².